The van der Waals surface area contributed by atoms with Crippen molar-refractivity contribution in [3.63, 3.8) is 0 Å². The second-order valence-corrected chi connectivity index (χ2v) is 13.9. The molecule has 0 saturated heterocycles. The van der Waals surface area contributed by atoms with Gasteiger partial charge in [0.05, 0.1) is 35.1 Å². The highest BCUT2D eigenvalue weighted by atomic mass is 16.3. The second kappa shape index (κ2) is 9.36. The van der Waals surface area contributed by atoms with E-state index in [1.54, 1.807) is 26.8 Å². The number of carbonyl (C=O) groups excluding carboxylic acids is 1. The van der Waals surface area contributed by atoms with E-state index in [9.17, 15) is 40.5 Å². The summed E-state index contributed by atoms with van der Waals surface area (Å²) in [5.74, 6) is -1.53. The molecular weight excluding hydrogens is 476 g/mol. The summed E-state index contributed by atoms with van der Waals surface area (Å²) in [7, 11) is 0. The number of hydrogen-bond donors (Lipinski definition) is 7. The van der Waals surface area contributed by atoms with E-state index in [1.807, 2.05) is 13.8 Å². The van der Waals surface area contributed by atoms with Crippen molar-refractivity contribution in [1.29, 1.82) is 0 Å². The maximum Gasteiger partial charge on any atom is 0.159 e. The van der Waals surface area contributed by atoms with E-state index >= 15 is 0 Å². The normalized spacial score (nSPS) is 45.2. The minimum absolute atomic E-state index is 0.103. The summed E-state index contributed by atoms with van der Waals surface area (Å²) in [6.07, 6.45) is 1.53. The predicted molar refractivity (Wildman–Crippen MR) is 137 cm³/mol. The van der Waals surface area contributed by atoms with Crippen LogP contribution in [0.25, 0.3) is 0 Å². The van der Waals surface area contributed by atoms with Gasteiger partial charge in [-0.3, -0.25) is 4.79 Å². The highest BCUT2D eigenvalue weighted by molar-refractivity contribution is 5.95. The molecule has 0 aliphatic heterocycles. The molecule has 0 aromatic heterocycles. The average Bonchev–Trinajstić information content (AvgIpc) is 3.07. The molecule has 3 saturated carbocycles. The Labute approximate surface area is 220 Å². The highest BCUT2D eigenvalue weighted by Gasteiger charge is 2.69. The molecule has 0 amide bonds. The number of hydrogen-bond acceptors (Lipinski definition) is 8. The van der Waals surface area contributed by atoms with Crippen molar-refractivity contribution in [1.82, 2.24) is 0 Å². The van der Waals surface area contributed by atoms with Crippen LogP contribution in [0.3, 0.4) is 0 Å². The molecule has 4 aliphatic rings. The third-order valence-electron chi connectivity index (χ3n) is 11.5. The molecule has 0 radical (unpaired) electrons. The fourth-order valence-electron chi connectivity index (χ4n) is 8.96. The number of rotatable bonds is 7. The third-order valence-corrected chi connectivity index (χ3v) is 11.5. The number of fused-ring (bicyclic) bond motifs is 5. The first kappa shape index (κ1) is 29.1. The summed E-state index contributed by atoms with van der Waals surface area (Å²) in [4.78, 5) is 13.3. The Balaban J connectivity index is 1.65. The smallest absolute Gasteiger partial charge is 0.159 e. The zero-order chi connectivity index (χ0) is 27.8. The van der Waals surface area contributed by atoms with Gasteiger partial charge in [-0.25, -0.2) is 0 Å². The van der Waals surface area contributed by atoms with Crippen LogP contribution >= 0.6 is 0 Å². The lowest BCUT2D eigenvalue weighted by Crippen LogP contribution is -2.63. The van der Waals surface area contributed by atoms with Crippen molar-refractivity contribution in [2.75, 3.05) is 6.61 Å². The van der Waals surface area contributed by atoms with Crippen LogP contribution in [-0.4, -0.2) is 83.3 Å². The van der Waals surface area contributed by atoms with Gasteiger partial charge in [0.25, 0.3) is 0 Å². The molecule has 1 unspecified atom stereocenters. The number of allylic oxidation sites excluding steroid dienone is 1. The van der Waals surface area contributed by atoms with Crippen molar-refractivity contribution >= 4 is 5.78 Å². The molecule has 3 fully saturated rings. The molecular formula is C29H48O8. The minimum atomic E-state index is -1.57. The SMILES string of the molecule is CC(C)(O)[C@H](CCO)C[C@@H](O)[C@](C)(O)C1CC[C@@]2(O)C3=CC(=O)[C@@H]4C[C@@H](O)[C@@H](O)C[C@]4(C)[C@H]3CC[C@]12C. The van der Waals surface area contributed by atoms with E-state index in [0.29, 0.717) is 44.1 Å². The van der Waals surface area contributed by atoms with Gasteiger partial charge in [-0.1, -0.05) is 13.8 Å². The van der Waals surface area contributed by atoms with Gasteiger partial charge in [0.2, 0.25) is 0 Å². The van der Waals surface area contributed by atoms with Crippen LogP contribution in [0.5, 0.6) is 0 Å². The zero-order valence-electron chi connectivity index (χ0n) is 23.0. The molecule has 4 rings (SSSR count). The summed E-state index contributed by atoms with van der Waals surface area (Å²) >= 11 is 0. The Bertz CT molecular complexity index is 923. The Kier molecular flexibility index (Phi) is 7.36. The van der Waals surface area contributed by atoms with Crippen LogP contribution < -0.4 is 0 Å². The topological polar surface area (TPSA) is 159 Å². The fourth-order valence-corrected chi connectivity index (χ4v) is 8.96. The van der Waals surface area contributed by atoms with Crippen molar-refractivity contribution in [3.05, 3.63) is 11.6 Å². The Hall–Kier alpha value is -0.870. The van der Waals surface area contributed by atoms with E-state index in [1.165, 1.54) is 0 Å². The van der Waals surface area contributed by atoms with Gasteiger partial charge in [0, 0.05) is 17.9 Å². The molecule has 8 heteroatoms. The van der Waals surface area contributed by atoms with E-state index in [0.717, 1.165) is 0 Å². The quantitative estimate of drug-likeness (QED) is 0.264. The van der Waals surface area contributed by atoms with Crippen molar-refractivity contribution in [2.24, 2.45) is 34.5 Å². The molecule has 0 heterocycles. The van der Waals surface area contributed by atoms with Crippen molar-refractivity contribution in [3.8, 4) is 0 Å². The molecule has 212 valence electrons. The maximum atomic E-state index is 13.3. The molecule has 0 aromatic rings. The first-order valence-electron chi connectivity index (χ1n) is 14.0. The lowest BCUT2D eigenvalue weighted by Gasteiger charge is -2.60. The lowest BCUT2D eigenvalue weighted by molar-refractivity contribution is -0.180. The van der Waals surface area contributed by atoms with E-state index in [2.05, 4.69) is 0 Å². The van der Waals surface area contributed by atoms with Gasteiger partial charge in [0.15, 0.2) is 5.78 Å². The summed E-state index contributed by atoms with van der Waals surface area (Å²) in [6.45, 7) is 8.67. The van der Waals surface area contributed by atoms with E-state index in [-0.39, 0.29) is 31.1 Å². The van der Waals surface area contributed by atoms with Gasteiger partial charge in [0.1, 0.15) is 0 Å². The standard InChI is InChI=1S/C29H48O8/c1-25(2,35)16(8-11-30)12-24(34)28(5,36)23-7-10-29(37)18-13-20(31)19-14-21(32)22(33)15-26(19,3)17(18)6-9-27(23,29)4/h13,16-17,19,21-24,30,32-37H,6-12,14-15H2,1-5H3/t16-,17+,19+,21-,22+,23?,24-,26-,27-,28-,29-/m1/s1. The summed E-state index contributed by atoms with van der Waals surface area (Å²) in [5.41, 5.74) is -4.73. The molecule has 0 spiro atoms. The number of aliphatic hydroxyl groups excluding tert-OH is 4. The Morgan fingerprint density at radius 3 is 2.30 bits per heavy atom. The number of carbonyl (C=O) groups is 1. The van der Waals surface area contributed by atoms with Crippen LogP contribution in [0.4, 0.5) is 0 Å². The van der Waals surface area contributed by atoms with Crippen molar-refractivity contribution < 1.29 is 40.5 Å². The molecule has 11 atom stereocenters. The summed E-state index contributed by atoms with van der Waals surface area (Å²) in [5, 5.41) is 76.2. The average molecular weight is 525 g/mol. The number of ketones is 1. The lowest BCUT2D eigenvalue weighted by atomic mass is 9.45. The summed E-state index contributed by atoms with van der Waals surface area (Å²) in [6, 6.07) is 0. The van der Waals surface area contributed by atoms with Crippen molar-refractivity contribution in [2.45, 2.75) is 121 Å². The van der Waals surface area contributed by atoms with Crippen LogP contribution in [0.1, 0.15) is 86.0 Å². The molecule has 7 N–H and O–H groups in total. The first-order chi connectivity index (χ1) is 16.9. The van der Waals surface area contributed by atoms with E-state index in [4.69, 9.17) is 0 Å². The molecule has 8 nitrogen and oxygen atoms in total. The van der Waals surface area contributed by atoms with Gasteiger partial charge < -0.3 is 35.7 Å². The van der Waals surface area contributed by atoms with Gasteiger partial charge in [-0.2, -0.15) is 0 Å². The maximum absolute atomic E-state index is 13.3. The fraction of sp³-hybridized carbons (Fsp3) is 0.897. The van der Waals surface area contributed by atoms with Crippen LogP contribution in [0.15, 0.2) is 11.6 Å². The van der Waals surface area contributed by atoms with Crippen LogP contribution in [0.2, 0.25) is 0 Å². The van der Waals surface area contributed by atoms with Gasteiger partial charge in [-0.15, -0.1) is 0 Å². The third kappa shape index (κ3) is 4.35. The van der Waals surface area contributed by atoms with E-state index < -0.39 is 63.7 Å². The predicted octanol–water partition coefficient (Wildman–Crippen LogP) is 1.46. The summed E-state index contributed by atoms with van der Waals surface area (Å²) < 4.78 is 0. The highest BCUT2D eigenvalue weighted by Crippen LogP contribution is 2.68. The molecule has 4 aliphatic carbocycles. The van der Waals surface area contributed by atoms with Gasteiger partial charge >= 0.3 is 0 Å². The molecule has 0 aromatic carbocycles. The largest absolute Gasteiger partial charge is 0.396 e. The van der Waals surface area contributed by atoms with Crippen LogP contribution in [0, 0.1) is 34.5 Å². The van der Waals surface area contributed by atoms with Crippen LogP contribution in [-0.2, 0) is 4.79 Å². The zero-order valence-corrected chi connectivity index (χ0v) is 23.0. The monoisotopic (exact) mass is 524 g/mol. The Morgan fingerprint density at radius 1 is 1.05 bits per heavy atom. The number of aliphatic hydroxyl groups is 7. The van der Waals surface area contributed by atoms with Gasteiger partial charge in [-0.05, 0) is 107 Å². The first-order valence-corrected chi connectivity index (χ1v) is 14.0. The molecule has 37 heavy (non-hydrogen) atoms. The second-order valence-electron chi connectivity index (χ2n) is 13.9. The Morgan fingerprint density at radius 2 is 1.70 bits per heavy atom. The minimum Gasteiger partial charge on any atom is -0.396 e. The molecule has 0 bridgehead atoms.